The van der Waals surface area contributed by atoms with Crippen molar-refractivity contribution < 1.29 is 14.6 Å². The normalized spacial score (nSPS) is 13.7. The molecule has 5 nitrogen and oxygen atoms in total. The van der Waals surface area contributed by atoms with Crippen molar-refractivity contribution in [3.05, 3.63) is 52.5 Å². The number of nitrogens with one attached hydrogen (secondary N) is 1. The molecule has 0 saturated heterocycles. The number of methoxy groups -OCH3 is 1. The van der Waals surface area contributed by atoms with E-state index >= 15 is 0 Å². The largest absolute Gasteiger partial charge is 0.386 e. The van der Waals surface area contributed by atoms with Crippen LogP contribution in [0.15, 0.2) is 42.0 Å². The number of aliphatic hydroxyl groups excluding tert-OH is 1. The van der Waals surface area contributed by atoms with Crippen molar-refractivity contribution in [3.8, 4) is 0 Å². The zero-order chi connectivity index (χ0) is 14.4. The van der Waals surface area contributed by atoms with Gasteiger partial charge in [0.05, 0.1) is 10.4 Å². The Morgan fingerprint density at radius 1 is 1.45 bits per heavy atom. The van der Waals surface area contributed by atoms with E-state index in [2.05, 4.69) is 10.3 Å². The zero-order valence-corrected chi connectivity index (χ0v) is 11.8. The van der Waals surface area contributed by atoms with E-state index in [9.17, 15) is 9.90 Å². The van der Waals surface area contributed by atoms with Gasteiger partial charge in [-0.15, -0.1) is 11.3 Å². The summed E-state index contributed by atoms with van der Waals surface area (Å²) in [6.07, 6.45) is 0.163. The molecule has 0 aliphatic heterocycles. The Bertz CT molecular complexity index is 531. The topological polar surface area (TPSA) is 71.5 Å². The highest BCUT2D eigenvalue weighted by molar-refractivity contribution is 7.09. The van der Waals surface area contributed by atoms with Crippen LogP contribution in [0.5, 0.6) is 0 Å². The van der Waals surface area contributed by atoms with Gasteiger partial charge in [-0.1, -0.05) is 30.3 Å². The Morgan fingerprint density at radius 2 is 2.20 bits per heavy atom. The van der Waals surface area contributed by atoms with Crippen molar-refractivity contribution in [2.75, 3.05) is 13.7 Å². The van der Waals surface area contributed by atoms with Gasteiger partial charge in [0.15, 0.2) is 6.10 Å². The number of aliphatic hydroxyl groups is 1. The van der Waals surface area contributed by atoms with E-state index in [1.54, 1.807) is 11.7 Å². The minimum atomic E-state index is -0.750. The maximum atomic E-state index is 12.1. The second kappa shape index (κ2) is 7.14. The van der Waals surface area contributed by atoms with E-state index in [4.69, 9.17) is 4.74 Å². The van der Waals surface area contributed by atoms with Gasteiger partial charge in [-0.05, 0) is 5.56 Å². The maximum absolute atomic E-state index is 12.1. The Morgan fingerprint density at radius 3 is 2.80 bits per heavy atom. The van der Waals surface area contributed by atoms with Gasteiger partial charge in [0, 0.05) is 19.9 Å². The zero-order valence-electron chi connectivity index (χ0n) is 11.0. The number of rotatable bonds is 6. The number of hydrogen-bond acceptors (Lipinski definition) is 5. The molecule has 0 saturated carbocycles. The first kappa shape index (κ1) is 14.6. The predicted molar refractivity (Wildman–Crippen MR) is 76.3 cm³/mol. The second-order valence-electron chi connectivity index (χ2n) is 4.19. The highest BCUT2D eigenvalue weighted by atomic mass is 32.1. The van der Waals surface area contributed by atoms with Crippen LogP contribution in [-0.4, -0.2) is 29.7 Å². The molecule has 2 aromatic rings. The lowest BCUT2D eigenvalue weighted by Gasteiger charge is -2.17. The van der Waals surface area contributed by atoms with Gasteiger partial charge in [-0.2, -0.15) is 0 Å². The van der Waals surface area contributed by atoms with Gasteiger partial charge in [-0.3, -0.25) is 9.78 Å². The molecule has 2 N–H and O–H groups in total. The van der Waals surface area contributed by atoms with Gasteiger partial charge in [-0.25, -0.2) is 0 Å². The number of amides is 1. The van der Waals surface area contributed by atoms with Gasteiger partial charge < -0.3 is 15.2 Å². The lowest BCUT2D eigenvalue weighted by molar-refractivity contribution is -0.131. The average molecular weight is 292 g/mol. The van der Waals surface area contributed by atoms with Crippen LogP contribution in [0.1, 0.15) is 22.6 Å². The van der Waals surface area contributed by atoms with Crippen LogP contribution in [0, 0.1) is 0 Å². The van der Waals surface area contributed by atoms with Gasteiger partial charge >= 0.3 is 0 Å². The highest BCUT2D eigenvalue weighted by Gasteiger charge is 2.20. The third-order valence-electron chi connectivity index (χ3n) is 2.83. The summed E-state index contributed by atoms with van der Waals surface area (Å²) in [5.41, 5.74) is 2.42. The lowest BCUT2D eigenvalue weighted by atomic mass is 10.1. The molecule has 0 spiro atoms. The number of benzene rings is 1. The summed E-state index contributed by atoms with van der Waals surface area (Å²) in [5.74, 6) is -0.276. The molecule has 2 atom stereocenters. The number of ether oxygens (including phenoxy) is 1. The Hall–Kier alpha value is -1.76. The molecular formula is C14H16N2O3S. The quantitative estimate of drug-likeness (QED) is 0.850. The molecule has 1 unspecified atom stereocenters. The molecular weight excluding hydrogens is 276 g/mol. The number of hydrogen-bond donors (Lipinski definition) is 2. The Labute approximate surface area is 121 Å². The minimum absolute atomic E-state index is 0.133. The summed E-state index contributed by atoms with van der Waals surface area (Å²) in [7, 11) is 1.48. The van der Waals surface area contributed by atoms with Crippen LogP contribution >= 0.6 is 11.3 Å². The first-order valence-corrected chi connectivity index (χ1v) is 7.02. The van der Waals surface area contributed by atoms with E-state index in [1.165, 1.54) is 18.4 Å². The van der Waals surface area contributed by atoms with Crippen molar-refractivity contribution in [1.29, 1.82) is 0 Å². The predicted octanol–water partition coefficient (Wildman–Crippen LogP) is 1.68. The van der Waals surface area contributed by atoms with Crippen LogP contribution in [0.3, 0.4) is 0 Å². The lowest BCUT2D eigenvalue weighted by Crippen LogP contribution is -2.33. The summed E-state index contributed by atoms with van der Waals surface area (Å²) in [5, 5.41) is 12.6. The van der Waals surface area contributed by atoms with Crippen molar-refractivity contribution in [2.24, 2.45) is 0 Å². The van der Waals surface area contributed by atoms with Crippen LogP contribution in [-0.2, 0) is 9.53 Å². The summed E-state index contributed by atoms with van der Waals surface area (Å²) >= 11 is 1.35. The van der Waals surface area contributed by atoms with E-state index < -0.39 is 12.2 Å². The molecule has 0 radical (unpaired) electrons. The van der Waals surface area contributed by atoms with Crippen molar-refractivity contribution in [1.82, 2.24) is 10.3 Å². The monoisotopic (exact) mass is 292 g/mol. The molecule has 1 aromatic heterocycles. The number of thiazole rings is 1. The third-order valence-corrected chi connectivity index (χ3v) is 3.70. The molecule has 1 heterocycles. The van der Waals surface area contributed by atoms with Crippen LogP contribution in [0.2, 0.25) is 0 Å². The summed E-state index contributed by atoms with van der Waals surface area (Å²) in [6.45, 7) is 0.133. The number of carbonyl (C=O) groups excluding carboxylic acids is 1. The minimum Gasteiger partial charge on any atom is -0.386 e. The van der Waals surface area contributed by atoms with E-state index in [1.807, 2.05) is 30.3 Å². The summed E-state index contributed by atoms with van der Waals surface area (Å²) < 4.78 is 5.22. The molecule has 20 heavy (non-hydrogen) atoms. The molecule has 1 aromatic carbocycles. The molecule has 0 fully saturated rings. The van der Waals surface area contributed by atoms with Gasteiger partial charge in [0.1, 0.15) is 6.10 Å². The van der Waals surface area contributed by atoms with Gasteiger partial charge in [0.25, 0.3) is 5.91 Å². The van der Waals surface area contributed by atoms with Crippen molar-refractivity contribution in [3.63, 3.8) is 0 Å². The first-order valence-electron chi connectivity index (χ1n) is 6.14. The molecule has 6 heteroatoms. The molecule has 0 aliphatic carbocycles. The fourth-order valence-corrected chi connectivity index (χ4v) is 2.41. The van der Waals surface area contributed by atoms with E-state index in [0.717, 1.165) is 10.4 Å². The number of nitrogens with zero attached hydrogens (tertiary/aromatic N) is 1. The van der Waals surface area contributed by atoms with Crippen LogP contribution in [0.4, 0.5) is 0 Å². The van der Waals surface area contributed by atoms with Gasteiger partial charge in [0.2, 0.25) is 0 Å². The molecule has 0 bridgehead atoms. The van der Waals surface area contributed by atoms with Crippen LogP contribution < -0.4 is 5.32 Å². The highest BCUT2D eigenvalue weighted by Crippen LogP contribution is 2.18. The average Bonchev–Trinajstić information content (AvgIpc) is 3.01. The fourth-order valence-electron chi connectivity index (χ4n) is 1.80. The molecule has 106 valence electrons. The molecule has 0 aliphatic rings. The second-order valence-corrected chi connectivity index (χ2v) is 5.11. The first-order chi connectivity index (χ1) is 9.72. The summed E-state index contributed by atoms with van der Waals surface area (Å²) in [6, 6.07) is 9.23. The van der Waals surface area contributed by atoms with E-state index in [0.29, 0.717) is 0 Å². The maximum Gasteiger partial charge on any atom is 0.253 e. The summed E-state index contributed by atoms with van der Waals surface area (Å²) in [4.78, 5) is 16.7. The fraction of sp³-hybridized carbons (Fsp3) is 0.286. The number of carbonyl (C=O) groups is 1. The van der Waals surface area contributed by atoms with Crippen LogP contribution in [0.25, 0.3) is 0 Å². The van der Waals surface area contributed by atoms with Crippen molar-refractivity contribution >= 4 is 17.2 Å². The smallest absolute Gasteiger partial charge is 0.253 e. The molecule has 2 rings (SSSR count). The SMILES string of the molecule is CO[C@@H](C(=O)NCC(O)c1cncs1)c1ccccc1. The standard InChI is InChI=1S/C14H16N2O3S/c1-19-13(10-5-3-2-4-6-10)14(18)16-7-11(17)12-8-15-9-20-12/h2-6,8-9,11,13,17H,7H2,1H3,(H,16,18)/t11?,13-/m1/s1. The molecule has 1 amide bonds. The third kappa shape index (κ3) is 3.63. The Kier molecular flexibility index (Phi) is 5.23. The van der Waals surface area contributed by atoms with Crippen molar-refractivity contribution in [2.45, 2.75) is 12.2 Å². The number of aromatic nitrogens is 1. The van der Waals surface area contributed by atoms with E-state index in [-0.39, 0.29) is 12.5 Å². The Balaban J connectivity index is 1.93.